The fourth-order valence-electron chi connectivity index (χ4n) is 1.70. The summed E-state index contributed by atoms with van der Waals surface area (Å²) in [6.07, 6.45) is 0. The number of carbonyl (C=O) groups is 1. The van der Waals surface area contributed by atoms with E-state index in [1.165, 1.54) is 26.4 Å². The van der Waals surface area contributed by atoms with Gasteiger partial charge in [-0.25, -0.2) is 4.79 Å². The van der Waals surface area contributed by atoms with Gasteiger partial charge in [-0.05, 0) is 6.07 Å². The summed E-state index contributed by atoms with van der Waals surface area (Å²) in [6, 6.07) is 4.33. The SMILES string of the molecule is COC(=O)c1cc(-c2cc(N)n[nH]2)c(O)cc1OC. The summed E-state index contributed by atoms with van der Waals surface area (Å²) in [5.41, 5.74) is 6.57. The smallest absolute Gasteiger partial charge is 0.341 e. The van der Waals surface area contributed by atoms with Gasteiger partial charge in [-0.3, -0.25) is 5.10 Å². The van der Waals surface area contributed by atoms with Crippen LogP contribution in [0.15, 0.2) is 18.2 Å². The molecule has 0 bridgehead atoms. The van der Waals surface area contributed by atoms with E-state index in [2.05, 4.69) is 14.9 Å². The number of methoxy groups -OCH3 is 2. The number of hydrogen-bond donors (Lipinski definition) is 3. The second-order valence-corrected chi connectivity index (χ2v) is 3.77. The molecule has 0 atom stereocenters. The van der Waals surface area contributed by atoms with Gasteiger partial charge in [0, 0.05) is 17.7 Å². The molecule has 1 heterocycles. The number of phenolic OH excluding ortho intramolecular Hbond substituents is 1. The zero-order valence-electron chi connectivity index (χ0n) is 10.4. The van der Waals surface area contributed by atoms with Crippen LogP contribution < -0.4 is 10.5 Å². The number of ether oxygens (including phenoxy) is 2. The van der Waals surface area contributed by atoms with Crippen molar-refractivity contribution in [2.45, 2.75) is 0 Å². The van der Waals surface area contributed by atoms with Crippen LogP contribution >= 0.6 is 0 Å². The number of nitrogens with zero attached hydrogens (tertiary/aromatic N) is 1. The van der Waals surface area contributed by atoms with Crippen LogP contribution in [0.4, 0.5) is 5.82 Å². The Bertz CT molecular complexity index is 621. The molecule has 2 rings (SSSR count). The molecule has 0 amide bonds. The quantitative estimate of drug-likeness (QED) is 0.717. The van der Waals surface area contributed by atoms with Crippen LogP contribution in [0, 0.1) is 0 Å². The van der Waals surface area contributed by atoms with Crippen molar-refractivity contribution in [1.82, 2.24) is 10.2 Å². The number of nitrogen functional groups attached to an aromatic ring is 1. The highest BCUT2D eigenvalue weighted by Crippen LogP contribution is 2.35. The number of nitrogens with one attached hydrogen (secondary N) is 1. The zero-order chi connectivity index (χ0) is 14.0. The highest BCUT2D eigenvalue weighted by molar-refractivity contribution is 5.95. The fourth-order valence-corrected chi connectivity index (χ4v) is 1.70. The summed E-state index contributed by atoms with van der Waals surface area (Å²) in [5.74, 6) is -0.121. The molecule has 0 aliphatic heterocycles. The van der Waals surface area contributed by atoms with Crippen molar-refractivity contribution in [3.63, 3.8) is 0 Å². The highest BCUT2D eigenvalue weighted by atomic mass is 16.5. The second kappa shape index (κ2) is 4.89. The molecule has 2 aromatic rings. The first-order valence-electron chi connectivity index (χ1n) is 5.37. The van der Waals surface area contributed by atoms with Gasteiger partial charge in [0.05, 0.1) is 19.9 Å². The van der Waals surface area contributed by atoms with E-state index in [1.54, 1.807) is 6.07 Å². The van der Waals surface area contributed by atoms with Crippen LogP contribution in [-0.2, 0) is 4.74 Å². The van der Waals surface area contributed by atoms with E-state index in [0.29, 0.717) is 11.3 Å². The summed E-state index contributed by atoms with van der Waals surface area (Å²) < 4.78 is 9.70. The maximum absolute atomic E-state index is 11.7. The highest BCUT2D eigenvalue weighted by Gasteiger charge is 2.18. The maximum Gasteiger partial charge on any atom is 0.341 e. The Morgan fingerprint density at radius 3 is 2.63 bits per heavy atom. The maximum atomic E-state index is 11.7. The summed E-state index contributed by atoms with van der Waals surface area (Å²) in [4.78, 5) is 11.7. The molecular formula is C12H13N3O4. The summed E-state index contributed by atoms with van der Waals surface area (Å²) in [7, 11) is 2.66. The van der Waals surface area contributed by atoms with Crippen molar-refractivity contribution >= 4 is 11.8 Å². The number of phenols is 1. The van der Waals surface area contributed by atoms with Crippen LogP contribution in [0.25, 0.3) is 11.3 Å². The molecule has 19 heavy (non-hydrogen) atoms. The van der Waals surface area contributed by atoms with Crippen molar-refractivity contribution < 1.29 is 19.4 Å². The molecule has 0 spiro atoms. The fraction of sp³-hybridized carbons (Fsp3) is 0.167. The molecule has 1 aromatic carbocycles. The van der Waals surface area contributed by atoms with Crippen molar-refractivity contribution in [3.05, 3.63) is 23.8 Å². The third-order valence-corrected chi connectivity index (χ3v) is 2.61. The van der Waals surface area contributed by atoms with Gasteiger partial charge in [-0.1, -0.05) is 0 Å². The average molecular weight is 263 g/mol. The molecule has 7 heteroatoms. The Morgan fingerprint density at radius 1 is 1.37 bits per heavy atom. The van der Waals surface area contributed by atoms with Gasteiger partial charge in [0.25, 0.3) is 0 Å². The van der Waals surface area contributed by atoms with Crippen LogP contribution in [0.3, 0.4) is 0 Å². The molecule has 0 saturated heterocycles. The van der Waals surface area contributed by atoms with Gasteiger partial charge in [0.15, 0.2) is 0 Å². The molecule has 0 fully saturated rings. The van der Waals surface area contributed by atoms with E-state index in [9.17, 15) is 9.90 Å². The first-order valence-corrected chi connectivity index (χ1v) is 5.37. The topological polar surface area (TPSA) is 110 Å². The minimum Gasteiger partial charge on any atom is -0.507 e. The van der Waals surface area contributed by atoms with Gasteiger partial charge >= 0.3 is 5.97 Å². The molecule has 0 aliphatic carbocycles. The molecule has 7 nitrogen and oxygen atoms in total. The first-order chi connectivity index (χ1) is 9.06. The van der Waals surface area contributed by atoms with Crippen LogP contribution in [0.2, 0.25) is 0 Å². The van der Waals surface area contributed by atoms with E-state index >= 15 is 0 Å². The number of carbonyl (C=O) groups excluding carboxylic acids is 1. The number of benzene rings is 1. The zero-order valence-corrected chi connectivity index (χ0v) is 10.4. The van der Waals surface area contributed by atoms with Gasteiger partial charge in [-0.15, -0.1) is 0 Å². The molecule has 1 aromatic heterocycles. The first kappa shape index (κ1) is 12.7. The monoisotopic (exact) mass is 263 g/mol. The number of nitrogens with two attached hydrogens (primary N) is 1. The van der Waals surface area contributed by atoms with Gasteiger partial charge in [0.1, 0.15) is 22.9 Å². The van der Waals surface area contributed by atoms with Gasteiger partial charge < -0.3 is 20.3 Å². The Balaban J connectivity index is 2.59. The predicted molar refractivity (Wildman–Crippen MR) is 68.0 cm³/mol. The van der Waals surface area contributed by atoms with E-state index in [0.717, 1.165) is 0 Å². The van der Waals surface area contributed by atoms with Crippen LogP contribution in [-0.4, -0.2) is 35.5 Å². The Labute approximate surface area is 109 Å². The van der Waals surface area contributed by atoms with E-state index in [1.807, 2.05) is 0 Å². The van der Waals surface area contributed by atoms with Gasteiger partial charge in [0.2, 0.25) is 0 Å². The number of H-pyrrole nitrogens is 1. The number of esters is 1. The van der Waals surface area contributed by atoms with Crippen molar-refractivity contribution in [3.8, 4) is 22.8 Å². The third kappa shape index (κ3) is 2.30. The molecule has 0 aliphatic rings. The molecule has 0 saturated carbocycles. The number of aromatic hydroxyl groups is 1. The van der Waals surface area contributed by atoms with E-state index < -0.39 is 5.97 Å². The lowest BCUT2D eigenvalue weighted by atomic mass is 10.1. The summed E-state index contributed by atoms with van der Waals surface area (Å²) in [5, 5.41) is 16.4. The molecule has 0 radical (unpaired) electrons. The number of aromatic amines is 1. The Hall–Kier alpha value is -2.70. The Kier molecular flexibility index (Phi) is 3.28. The molecular weight excluding hydrogens is 250 g/mol. The molecule has 4 N–H and O–H groups in total. The average Bonchev–Trinajstić information content (AvgIpc) is 2.83. The standard InChI is InChI=1S/C12H13N3O4/c1-18-10-5-9(16)6(3-7(10)12(17)19-2)8-4-11(13)15-14-8/h3-5,16H,1-2H3,(H3,13,14,15). The van der Waals surface area contributed by atoms with E-state index in [-0.39, 0.29) is 22.9 Å². The predicted octanol–water partition coefficient (Wildman–Crippen LogP) is 1.16. The largest absolute Gasteiger partial charge is 0.507 e. The minimum absolute atomic E-state index is 0.0619. The van der Waals surface area contributed by atoms with Crippen molar-refractivity contribution in [2.75, 3.05) is 20.0 Å². The minimum atomic E-state index is -0.564. The second-order valence-electron chi connectivity index (χ2n) is 3.77. The summed E-state index contributed by atoms with van der Waals surface area (Å²) >= 11 is 0. The Morgan fingerprint density at radius 2 is 2.11 bits per heavy atom. The lowest BCUT2D eigenvalue weighted by Gasteiger charge is -2.10. The number of anilines is 1. The summed E-state index contributed by atoms with van der Waals surface area (Å²) in [6.45, 7) is 0. The number of hydrogen-bond acceptors (Lipinski definition) is 6. The van der Waals surface area contributed by atoms with Crippen LogP contribution in [0.1, 0.15) is 10.4 Å². The van der Waals surface area contributed by atoms with Crippen molar-refractivity contribution in [1.29, 1.82) is 0 Å². The molecule has 100 valence electrons. The normalized spacial score (nSPS) is 10.2. The van der Waals surface area contributed by atoms with Crippen LogP contribution in [0.5, 0.6) is 11.5 Å². The number of aromatic nitrogens is 2. The van der Waals surface area contributed by atoms with E-state index in [4.69, 9.17) is 10.5 Å². The number of rotatable bonds is 3. The van der Waals surface area contributed by atoms with Crippen molar-refractivity contribution in [2.24, 2.45) is 0 Å². The molecule has 0 unspecified atom stereocenters. The van der Waals surface area contributed by atoms with Gasteiger partial charge in [-0.2, -0.15) is 5.10 Å². The lowest BCUT2D eigenvalue weighted by molar-refractivity contribution is 0.0597. The third-order valence-electron chi connectivity index (χ3n) is 2.61. The lowest BCUT2D eigenvalue weighted by Crippen LogP contribution is -2.04.